The molecule has 9 rings (SSSR count). The van der Waals surface area contributed by atoms with Gasteiger partial charge in [-0.2, -0.15) is 0 Å². The molecular formula is C44H34O. The summed E-state index contributed by atoms with van der Waals surface area (Å²) in [5.41, 5.74) is 14.2. The summed E-state index contributed by atoms with van der Waals surface area (Å²) in [6, 6.07) is 38.6. The highest BCUT2D eigenvalue weighted by Crippen LogP contribution is 2.48. The highest BCUT2D eigenvalue weighted by Gasteiger charge is 2.27. The van der Waals surface area contributed by atoms with Crippen LogP contribution >= 0.6 is 0 Å². The molecule has 216 valence electrons. The summed E-state index contributed by atoms with van der Waals surface area (Å²) in [6.45, 7) is 6.73. The highest BCUT2D eigenvalue weighted by atomic mass is 16.5. The Hall–Kier alpha value is -5.14. The lowest BCUT2D eigenvalue weighted by molar-refractivity contribution is 0.426. The maximum absolute atomic E-state index is 6.51. The SMILES string of the molecule is CC1=CC2C=C(C=C1)Oc1c(-c3ccc(-c4ccc5c6c4ccc4ccc(-c7ccccc7)c(c46)C(C)C5)cc3)cc(C)cc12. The van der Waals surface area contributed by atoms with Gasteiger partial charge in [-0.1, -0.05) is 122 Å². The standard InChI is InChI=1S/C44H34O/c1-26-9-17-35-25-34(21-26)40-23-27(2)22-39(44(40)45-35)31-12-10-30(11-13-31)36-18-16-33-24-28(3)41-37(29-7-5-4-6-8-29)19-14-32-15-20-38(36)42(33)43(32)41/h4-23,25,28,34H,24H2,1-3H3. The van der Waals surface area contributed by atoms with Crippen LogP contribution in [0.2, 0.25) is 0 Å². The molecular weight excluding hydrogens is 544 g/mol. The van der Waals surface area contributed by atoms with Crippen LogP contribution in [-0.4, -0.2) is 0 Å². The molecule has 2 aliphatic carbocycles. The third kappa shape index (κ3) is 4.15. The van der Waals surface area contributed by atoms with Crippen LogP contribution in [0, 0.1) is 6.92 Å². The molecule has 0 saturated heterocycles. The molecule has 1 nitrogen and oxygen atoms in total. The average molecular weight is 579 g/mol. The zero-order valence-corrected chi connectivity index (χ0v) is 25.9. The van der Waals surface area contributed by atoms with Gasteiger partial charge in [-0.15, -0.1) is 0 Å². The minimum Gasteiger partial charge on any atom is -0.457 e. The summed E-state index contributed by atoms with van der Waals surface area (Å²) in [4.78, 5) is 0. The van der Waals surface area contributed by atoms with Crippen molar-refractivity contribution in [2.45, 2.75) is 39.0 Å². The van der Waals surface area contributed by atoms with E-state index in [0.717, 1.165) is 23.5 Å². The van der Waals surface area contributed by atoms with Gasteiger partial charge in [0, 0.05) is 17.0 Å². The second kappa shape index (κ2) is 9.94. The maximum Gasteiger partial charge on any atom is 0.139 e. The first-order valence-corrected chi connectivity index (χ1v) is 16.1. The Labute approximate surface area is 264 Å². The highest BCUT2D eigenvalue weighted by molar-refractivity contribution is 6.17. The van der Waals surface area contributed by atoms with Crippen LogP contribution < -0.4 is 4.74 Å². The van der Waals surface area contributed by atoms with Gasteiger partial charge in [-0.05, 0) is 110 Å². The average Bonchev–Trinajstić information content (AvgIpc) is 3.22. The van der Waals surface area contributed by atoms with E-state index in [1.807, 2.05) is 0 Å². The van der Waals surface area contributed by atoms with E-state index < -0.39 is 0 Å². The van der Waals surface area contributed by atoms with Crippen LogP contribution in [0.5, 0.6) is 5.75 Å². The van der Waals surface area contributed by atoms with E-state index >= 15 is 0 Å². The lowest BCUT2D eigenvalue weighted by Crippen LogP contribution is -2.08. The quantitative estimate of drug-likeness (QED) is 0.190. The summed E-state index contributed by atoms with van der Waals surface area (Å²) in [5.74, 6) is 2.59. The molecule has 2 bridgehead atoms. The minimum atomic E-state index is 0.227. The monoisotopic (exact) mass is 578 g/mol. The molecule has 1 heteroatoms. The van der Waals surface area contributed by atoms with Gasteiger partial charge in [0.15, 0.2) is 0 Å². The van der Waals surface area contributed by atoms with Crippen LogP contribution in [0.25, 0.3) is 54.9 Å². The van der Waals surface area contributed by atoms with E-state index in [9.17, 15) is 0 Å². The summed E-state index contributed by atoms with van der Waals surface area (Å²) in [5, 5.41) is 5.52. The zero-order valence-electron chi connectivity index (χ0n) is 25.9. The number of ether oxygens (including phenoxy) is 1. The summed E-state index contributed by atoms with van der Waals surface area (Å²) in [6.07, 6.45) is 9.85. The second-order valence-electron chi connectivity index (χ2n) is 13.1. The van der Waals surface area contributed by atoms with Gasteiger partial charge in [0.1, 0.15) is 11.5 Å². The van der Waals surface area contributed by atoms with E-state index in [-0.39, 0.29) is 5.92 Å². The molecule has 0 N–H and O–H groups in total. The Morgan fingerprint density at radius 3 is 2.20 bits per heavy atom. The summed E-state index contributed by atoms with van der Waals surface area (Å²) < 4.78 is 6.51. The Balaban J connectivity index is 1.18. The fourth-order valence-corrected chi connectivity index (χ4v) is 8.00. The smallest absolute Gasteiger partial charge is 0.139 e. The molecule has 2 unspecified atom stereocenters. The first-order valence-electron chi connectivity index (χ1n) is 16.1. The van der Waals surface area contributed by atoms with Crippen molar-refractivity contribution in [3.05, 3.63) is 161 Å². The number of fused-ring (bicyclic) bond motifs is 3. The Bertz CT molecular complexity index is 2280. The van der Waals surface area contributed by atoms with Gasteiger partial charge < -0.3 is 4.74 Å². The van der Waals surface area contributed by atoms with Gasteiger partial charge in [0.25, 0.3) is 0 Å². The first-order chi connectivity index (χ1) is 22.0. The van der Waals surface area contributed by atoms with Gasteiger partial charge in [-0.25, -0.2) is 0 Å². The topological polar surface area (TPSA) is 9.23 Å². The molecule has 0 amide bonds. The van der Waals surface area contributed by atoms with Crippen molar-refractivity contribution in [3.8, 4) is 39.1 Å². The molecule has 45 heavy (non-hydrogen) atoms. The molecule has 6 aromatic carbocycles. The van der Waals surface area contributed by atoms with E-state index in [4.69, 9.17) is 4.74 Å². The minimum absolute atomic E-state index is 0.227. The number of hydrogen-bond acceptors (Lipinski definition) is 1. The van der Waals surface area contributed by atoms with E-state index in [2.05, 4.69) is 148 Å². The van der Waals surface area contributed by atoms with Crippen LogP contribution in [-0.2, 0) is 6.42 Å². The van der Waals surface area contributed by atoms with E-state index in [1.54, 1.807) is 0 Å². The third-order valence-corrected chi connectivity index (χ3v) is 10.0. The van der Waals surface area contributed by atoms with Gasteiger partial charge in [-0.3, -0.25) is 0 Å². The molecule has 2 atom stereocenters. The number of aryl methyl sites for hydroxylation is 1. The van der Waals surface area contributed by atoms with E-state index in [1.165, 1.54) is 77.2 Å². The first kappa shape index (κ1) is 26.3. The number of hydrogen-bond donors (Lipinski definition) is 0. The third-order valence-electron chi connectivity index (χ3n) is 10.0. The van der Waals surface area contributed by atoms with Crippen molar-refractivity contribution in [1.29, 1.82) is 0 Å². The molecule has 1 aliphatic heterocycles. The maximum atomic E-state index is 6.51. The van der Waals surface area contributed by atoms with Crippen LogP contribution in [0.1, 0.15) is 47.9 Å². The molecule has 0 spiro atoms. The van der Waals surface area contributed by atoms with Crippen LogP contribution in [0.3, 0.4) is 0 Å². The Morgan fingerprint density at radius 1 is 0.644 bits per heavy atom. The van der Waals surface area contributed by atoms with Crippen LogP contribution in [0.4, 0.5) is 0 Å². The predicted molar refractivity (Wildman–Crippen MR) is 189 cm³/mol. The molecule has 0 fully saturated rings. The predicted octanol–water partition coefficient (Wildman–Crippen LogP) is 11.8. The molecule has 3 aliphatic rings. The van der Waals surface area contributed by atoms with Crippen molar-refractivity contribution in [2.24, 2.45) is 0 Å². The Kier molecular flexibility index (Phi) is 5.80. The largest absolute Gasteiger partial charge is 0.457 e. The fourth-order valence-electron chi connectivity index (χ4n) is 8.00. The lowest BCUT2D eigenvalue weighted by Gasteiger charge is -2.27. The molecule has 6 aromatic rings. The summed E-state index contributed by atoms with van der Waals surface area (Å²) in [7, 11) is 0. The van der Waals surface area contributed by atoms with Crippen molar-refractivity contribution in [2.75, 3.05) is 0 Å². The number of benzene rings is 6. The lowest BCUT2D eigenvalue weighted by atomic mass is 9.76. The molecule has 0 saturated carbocycles. The molecule has 1 heterocycles. The van der Waals surface area contributed by atoms with Crippen LogP contribution in [0.15, 0.2) is 139 Å². The normalized spacial score (nSPS) is 17.9. The van der Waals surface area contributed by atoms with Gasteiger partial charge >= 0.3 is 0 Å². The Morgan fingerprint density at radius 2 is 1.38 bits per heavy atom. The van der Waals surface area contributed by atoms with Crippen molar-refractivity contribution < 1.29 is 4.74 Å². The van der Waals surface area contributed by atoms with Crippen molar-refractivity contribution >= 4 is 21.5 Å². The number of allylic oxidation sites excluding steroid dienone is 5. The second-order valence-corrected chi connectivity index (χ2v) is 13.1. The fraction of sp³-hybridized carbons (Fsp3) is 0.136. The molecule has 0 aromatic heterocycles. The zero-order chi connectivity index (χ0) is 30.2. The van der Waals surface area contributed by atoms with Gasteiger partial charge in [0.05, 0.1) is 0 Å². The van der Waals surface area contributed by atoms with Crippen molar-refractivity contribution in [3.63, 3.8) is 0 Å². The molecule has 0 radical (unpaired) electrons. The van der Waals surface area contributed by atoms with E-state index in [0.29, 0.717) is 5.92 Å². The van der Waals surface area contributed by atoms with Crippen molar-refractivity contribution in [1.82, 2.24) is 0 Å². The number of rotatable bonds is 3. The van der Waals surface area contributed by atoms with Gasteiger partial charge in [0.2, 0.25) is 0 Å². The summed E-state index contributed by atoms with van der Waals surface area (Å²) >= 11 is 0.